The normalized spacial score (nSPS) is 15.3. The lowest BCUT2D eigenvalue weighted by molar-refractivity contribution is 0.0635. The topological polar surface area (TPSA) is 114 Å². The Morgan fingerprint density at radius 2 is 1.90 bits per heavy atom. The number of amides is 1. The first-order chi connectivity index (χ1) is 13.9. The fourth-order valence-electron chi connectivity index (χ4n) is 3.24. The van der Waals surface area contributed by atoms with Gasteiger partial charge >= 0.3 is 6.09 Å². The summed E-state index contributed by atoms with van der Waals surface area (Å²) in [6.45, 7) is 6.69. The van der Waals surface area contributed by atoms with Gasteiger partial charge in [-0.05, 0) is 39.2 Å². The third-order valence-electron chi connectivity index (χ3n) is 5.00. The Balaban J connectivity index is 2.02. The van der Waals surface area contributed by atoms with Gasteiger partial charge in [-0.15, -0.1) is 0 Å². The van der Waals surface area contributed by atoms with Gasteiger partial charge in [-0.1, -0.05) is 31.2 Å². The van der Waals surface area contributed by atoms with E-state index < -0.39 is 26.9 Å². The molecule has 160 valence electrons. The first-order valence-corrected chi connectivity index (χ1v) is 11.4. The maximum Gasteiger partial charge on any atom is 0.413 e. The number of sulfone groups is 1. The molecular weight excluding hydrogens is 404 g/mol. The van der Waals surface area contributed by atoms with Crippen molar-refractivity contribution in [3.63, 3.8) is 0 Å². The molecule has 0 aliphatic heterocycles. The van der Waals surface area contributed by atoms with Gasteiger partial charge in [0.25, 0.3) is 0 Å². The standard InChI is InChI=1S/C21H26N4O4S/c1-6-30(27,28)18-16(24-19(26)29-20(2,3)4)23-17(25(18)5)14-7-9-15(10-8-14)21(13-22)11-12-21/h7-10H,6,11-12H2,1-5H3,(H,24,26). The van der Waals surface area contributed by atoms with Gasteiger partial charge in [0.15, 0.2) is 20.7 Å². The monoisotopic (exact) mass is 430 g/mol. The maximum absolute atomic E-state index is 12.7. The lowest BCUT2D eigenvalue weighted by atomic mass is 9.96. The van der Waals surface area contributed by atoms with Crippen LogP contribution in [0.4, 0.5) is 10.6 Å². The van der Waals surface area contributed by atoms with Crippen molar-refractivity contribution < 1.29 is 17.9 Å². The van der Waals surface area contributed by atoms with Crippen molar-refractivity contribution in [3.8, 4) is 17.5 Å². The Hall–Kier alpha value is -2.86. The lowest BCUT2D eigenvalue weighted by Gasteiger charge is -2.19. The van der Waals surface area contributed by atoms with Gasteiger partial charge in [-0.25, -0.2) is 18.2 Å². The van der Waals surface area contributed by atoms with Gasteiger partial charge in [-0.3, -0.25) is 5.32 Å². The molecule has 1 aliphatic rings. The third-order valence-corrected chi connectivity index (χ3v) is 6.81. The van der Waals surface area contributed by atoms with E-state index in [0.717, 1.165) is 18.4 Å². The minimum Gasteiger partial charge on any atom is -0.444 e. The van der Waals surface area contributed by atoms with Crippen LogP contribution in [0.25, 0.3) is 11.4 Å². The van der Waals surface area contributed by atoms with Crippen molar-refractivity contribution in [3.05, 3.63) is 29.8 Å². The molecule has 1 aromatic heterocycles. The molecule has 1 aliphatic carbocycles. The average molecular weight is 431 g/mol. The lowest BCUT2D eigenvalue weighted by Crippen LogP contribution is -2.28. The number of carbonyl (C=O) groups excluding carboxylic acids is 1. The van der Waals surface area contributed by atoms with E-state index in [1.807, 2.05) is 24.3 Å². The van der Waals surface area contributed by atoms with Crippen LogP contribution in [0.15, 0.2) is 29.3 Å². The fraction of sp³-hybridized carbons (Fsp3) is 0.476. The minimum atomic E-state index is -3.67. The summed E-state index contributed by atoms with van der Waals surface area (Å²) in [7, 11) is -2.08. The van der Waals surface area contributed by atoms with E-state index >= 15 is 0 Å². The Kier molecular flexibility index (Phi) is 5.41. The summed E-state index contributed by atoms with van der Waals surface area (Å²) >= 11 is 0. The zero-order valence-electron chi connectivity index (χ0n) is 17.8. The Bertz CT molecular complexity index is 1120. The van der Waals surface area contributed by atoms with Gasteiger partial charge < -0.3 is 9.30 Å². The molecule has 0 atom stereocenters. The summed E-state index contributed by atoms with van der Waals surface area (Å²) in [4.78, 5) is 16.6. The van der Waals surface area contributed by atoms with E-state index in [0.29, 0.717) is 11.4 Å². The molecule has 0 unspecified atom stereocenters. The van der Waals surface area contributed by atoms with E-state index in [2.05, 4.69) is 16.4 Å². The van der Waals surface area contributed by atoms with Crippen molar-refractivity contribution >= 4 is 21.7 Å². The van der Waals surface area contributed by atoms with E-state index in [9.17, 15) is 18.5 Å². The number of imidazole rings is 1. The van der Waals surface area contributed by atoms with Gasteiger partial charge in [0.2, 0.25) is 0 Å². The molecule has 30 heavy (non-hydrogen) atoms. The molecule has 0 spiro atoms. The predicted octanol–water partition coefficient (Wildman–Crippen LogP) is 3.78. The molecule has 1 N–H and O–H groups in total. The SMILES string of the molecule is CCS(=O)(=O)c1c(NC(=O)OC(C)(C)C)nc(-c2ccc(C3(C#N)CC3)cc2)n1C. The van der Waals surface area contributed by atoms with E-state index in [1.165, 1.54) is 11.5 Å². The highest BCUT2D eigenvalue weighted by atomic mass is 32.2. The largest absolute Gasteiger partial charge is 0.444 e. The highest BCUT2D eigenvalue weighted by Crippen LogP contribution is 2.47. The zero-order chi connectivity index (χ0) is 22.3. The van der Waals surface area contributed by atoms with Gasteiger partial charge in [0, 0.05) is 12.6 Å². The van der Waals surface area contributed by atoms with Crippen molar-refractivity contribution in [2.24, 2.45) is 7.05 Å². The highest BCUT2D eigenvalue weighted by molar-refractivity contribution is 7.91. The van der Waals surface area contributed by atoms with Crippen molar-refractivity contribution in [2.75, 3.05) is 11.1 Å². The van der Waals surface area contributed by atoms with E-state index in [1.54, 1.807) is 27.8 Å². The highest BCUT2D eigenvalue weighted by Gasteiger charge is 2.44. The Morgan fingerprint density at radius 3 is 2.37 bits per heavy atom. The van der Waals surface area contributed by atoms with Crippen LogP contribution < -0.4 is 5.32 Å². The van der Waals surface area contributed by atoms with Crippen molar-refractivity contribution in [1.82, 2.24) is 9.55 Å². The molecular formula is C21H26N4O4S. The van der Waals surface area contributed by atoms with E-state index in [4.69, 9.17) is 4.74 Å². The molecule has 3 rings (SSSR count). The predicted molar refractivity (Wildman–Crippen MR) is 113 cm³/mol. The molecule has 0 saturated heterocycles. The van der Waals surface area contributed by atoms with Crippen LogP contribution in [-0.4, -0.2) is 35.4 Å². The van der Waals surface area contributed by atoms with Gasteiger partial charge in [0.05, 0.1) is 17.2 Å². The average Bonchev–Trinajstić information content (AvgIpc) is 3.39. The van der Waals surface area contributed by atoms with E-state index in [-0.39, 0.29) is 16.6 Å². The molecule has 0 radical (unpaired) electrons. The summed E-state index contributed by atoms with van der Waals surface area (Å²) in [6.07, 6.45) is 0.905. The van der Waals surface area contributed by atoms with Crippen molar-refractivity contribution in [2.45, 2.75) is 56.6 Å². The van der Waals surface area contributed by atoms with Crippen molar-refractivity contribution in [1.29, 1.82) is 5.26 Å². The summed E-state index contributed by atoms with van der Waals surface area (Å²) in [6, 6.07) is 9.73. The fourth-order valence-corrected chi connectivity index (χ4v) is 4.41. The van der Waals surface area contributed by atoms with Crippen LogP contribution >= 0.6 is 0 Å². The summed E-state index contributed by atoms with van der Waals surface area (Å²) in [5, 5.41) is 11.8. The zero-order valence-corrected chi connectivity index (χ0v) is 18.6. The number of hydrogen-bond acceptors (Lipinski definition) is 6. The van der Waals surface area contributed by atoms with Crippen LogP contribution in [0.2, 0.25) is 0 Å². The molecule has 1 aromatic carbocycles. The molecule has 1 heterocycles. The van der Waals surface area contributed by atoms with Crippen LogP contribution in [0.1, 0.15) is 46.1 Å². The van der Waals surface area contributed by atoms with Gasteiger partial charge in [0.1, 0.15) is 11.4 Å². The number of aromatic nitrogens is 2. The van der Waals surface area contributed by atoms with Crippen LogP contribution in [-0.2, 0) is 27.0 Å². The molecule has 8 nitrogen and oxygen atoms in total. The van der Waals surface area contributed by atoms with Gasteiger partial charge in [-0.2, -0.15) is 5.26 Å². The molecule has 2 aromatic rings. The Labute approximate surface area is 176 Å². The number of carbonyl (C=O) groups is 1. The summed E-state index contributed by atoms with van der Waals surface area (Å²) in [5.74, 6) is 0.184. The first-order valence-electron chi connectivity index (χ1n) is 9.74. The summed E-state index contributed by atoms with van der Waals surface area (Å²) in [5.41, 5.74) is 0.484. The number of hydrogen-bond donors (Lipinski definition) is 1. The second-order valence-corrected chi connectivity index (χ2v) is 10.6. The van der Waals surface area contributed by atoms with Crippen LogP contribution in [0.5, 0.6) is 0 Å². The molecule has 1 amide bonds. The summed E-state index contributed by atoms with van der Waals surface area (Å²) < 4.78 is 32.1. The first kappa shape index (κ1) is 21.8. The number of benzene rings is 1. The second-order valence-electron chi connectivity index (χ2n) is 8.45. The van der Waals surface area contributed by atoms with Crippen LogP contribution in [0, 0.1) is 11.3 Å². The Morgan fingerprint density at radius 1 is 1.30 bits per heavy atom. The number of nitrogens with one attached hydrogen (secondary N) is 1. The molecule has 9 heteroatoms. The third kappa shape index (κ3) is 4.19. The molecule has 0 bridgehead atoms. The number of nitriles is 1. The second kappa shape index (κ2) is 7.43. The minimum absolute atomic E-state index is 0.0663. The number of anilines is 1. The molecule has 1 fully saturated rings. The number of rotatable bonds is 5. The number of nitrogens with zero attached hydrogens (tertiary/aromatic N) is 3. The molecule has 1 saturated carbocycles. The quantitative estimate of drug-likeness (QED) is 0.772. The van der Waals surface area contributed by atoms with Crippen LogP contribution in [0.3, 0.4) is 0 Å². The smallest absolute Gasteiger partial charge is 0.413 e. The number of ether oxygens (including phenoxy) is 1. The maximum atomic E-state index is 12.7.